The van der Waals surface area contributed by atoms with Crippen LogP contribution in [-0.4, -0.2) is 70.6 Å². The van der Waals surface area contributed by atoms with Crippen molar-refractivity contribution in [2.45, 2.75) is 32.9 Å². The van der Waals surface area contributed by atoms with Gasteiger partial charge in [0, 0.05) is 56.9 Å². The normalized spacial score (nSPS) is 17.0. The van der Waals surface area contributed by atoms with Crippen molar-refractivity contribution < 1.29 is 9.84 Å². The molecule has 2 aliphatic heterocycles. The number of nitrogens with zero attached hydrogens (tertiary/aromatic N) is 5. The number of aromatic nitrogens is 4. The predicted molar refractivity (Wildman–Crippen MR) is 155 cm³/mol. The van der Waals surface area contributed by atoms with Crippen molar-refractivity contribution in [1.29, 1.82) is 0 Å². The van der Waals surface area contributed by atoms with Gasteiger partial charge in [0.1, 0.15) is 5.82 Å². The van der Waals surface area contributed by atoms with Crippen molar-refractivity contribution in [2.75, 3.05) is 61.1 Å². The number of aliphatic hydroxyl groups excluding tert-OH is 1. The highest BCUT2D eigenvalue weighted by Gasteiger charge is 2.21. The van der Waals surface area contributed by atoms with Gasteiger partial charge in [0.25, 0.3) is 0 Å². The van der Waals surface area contributed by atoms with Crippen molar-refractivity contribution in [3.05, 3.63) is 46.7 Å². The van der Waals surface area contributed by atoms with Crippen LogP contribution in [0.1, 0.15) is 25.3 Å². The topological polar surface area (TPSA) is 94.5 Å². The van der Waals surface area contributed by atoms with E-state index in [1.165, 1.54) is 11.3 Å². The lowest BCUT2D eigenvalue weighted by Gasteiger charge is -2.34. The van der Waals surface area contributed by atoms with Gasteiger partial charge in [-0.2, -0.15) is 4.98 Å². The minimum Gasteiger partial charge on any atom is -0.396 e. The minimum atomic E-state index is 0.280. The van der Waals surface area contributed by atoms with Crippen LogP contribution < -0.4 is 15.1 Å². The number of benzene rings is 2. The highest BCUT2D eigenvalue weighted by molar-refractivity contribution is 7.71. The zero-order chi connectivity index (χ0) is 26.1. The Morgan fingerprint density at radius 3 is 2.63 bits per heavy atom. The Labute approximate surface area is 227 Å². The van der Waals surface area contributed by atoms with Crippen LogP contribution in [0.25, 0.3) is 21.9 Å². The molecule has 0 aliphatic carbocycles. The summed E-state index contributed by atoms with van der Waals surface area (Å²) < 4.78 is 8.39. The Morgan fingerprint density at radius 2 is 1.87 bits per heavy atom. The number of imidazole rings is 1. The molecule has 4 heterocycles. The van der Waals surface area contributed by atoms with Crippen LogP contribution in [0.4, 0.5) is 17.5 Å². The highest BCUT2D eigenvalue weighted by Crippen LogP contribution is 2.31. The second-order valence-electron chi connectivity index (χ2n) is 10.1. The van der Waals surface area contributed by atoms with Gasteiger partial charge in [-0.05, 0) is 61.7 Å². The molecule has 4 aromatic rings. The molecule has 3 N–H and O–H groups in total. The summed E-state index contributed by atoms with van der Waals surface area (Å²) in [4.78, 5) is 18.0. The number of piperidine rings is 1. The average molecular weight is 534 g/mol. The van der Waals surface area contributed by atoms with E-state index in [-0.39, 0.29) is 6.61 Å². The summed E-state index contributed by atoms with van der Waals surface area (Å²) >= 11 is 5.57. The first kappa shape index (κ1) is 25.1. The van der Waals surface area contributed by atoms with E-state index >= 15 is 0 Å². The summed E-state index contributed by atoms with van der Waals surface area (Å²) in [6, 6.07) is 12.8. The molecular weight excluding hydrogens is 498 g/mol. The van der Waals surface area contributed by atoms with Crippen LogP contribution in [0.5, 0.6) is 0 Å². The molecule has 200 valence electrons. The van der Waals surface area contributed by atoms with E-state index in [1.807, 2.05) is 0 Å². The lowest BCUT2D eigenvalue weighted by Crippen LogP contribution is -2.37. The van der Waals surface area contributed by atoms with Gasteiger partial charge in [-0.25, -0.2) is 4.98 Å². The Balaban J connectivity index is 1.36. The lowest BCUT2D eigenvalue weighted by molar-refractivity contribution is 0.122. The Kier molecular flexibility index (Phi) is 7.18. The fraction of sp³-hybridized carbons (Fsp3) is 0.464. The number of ether oxygens (including phenoxy) is 1. The van der Waals surface area contributed by atoms with Gasteiger partial charge in [0.15, 0.2) is 4.77 Å². The fourth-order valence-electron chi connectivity index (χ4n) is 5.63. The predicted octanol–water partition coefficient (Wildman–Crippen LogP) is 4.32. The molecule has 2 saturated heterocycles. The van der Waals surface area contributed by atoms with Crippen LogP contribution in [-0.2, 0) is 17.8 Å². The molecule has 2 aromatic carbocycles. The quantitative estimate of drug-likeness (QED) is 0.303. The lowest BCUT2D eigenvalue weighted by atomic mass is 9.97. The third-order valence-electron chi connectivity index (χ3n) is 7.84. The molecule has 2 fully saturated rings. The summed E-state index contributed by atoms with van der Waals surface area (Å²) in [6.45, 7) is 8.65. The second kappa shape index (κ2) is 10.9. The van der Waals surface area contributed by atoms with Crippen LogP contribution in [0, 0.1) is 10.7 Å². The number of rotatable bonds is 7. The van der Waals surface area contributed by atoms with Crippen molar-refractivity contribution in [1.82, 2.24) is 19.5 Å². The van der Waals surface area contributed by atoms with E-state index in [9.17, 15) is 5.11 Å². The van der Waals surface area contributed by atoms with E-state index < -0.39 is 0 Å². The van der Waals surface area contributed by atoms with Gasteiger partial charge in [0.05, 0.1) is 29.8 Å². The Morgan fingerprint density at radius 1 is 1.08 bits per heavy atom. The van der Waals surface area contributed by atoms with Crippen molar-refractivity contribution >= 4 is 51.6 Å². The molecular formula is C28H35N7O2S. The first-order valence-corrected chi connectivity index (χ1v) is 14.0. The standard InChI is InChI=1S/C28H35N7O2S/c1-2-35-25-16-22-21(15-23(25)31-28(35)38)26(32-27(30-22)34-11-13-37-14-12-34)29-17-20-5-3-4-6-24(20)33-9-7-19(18-36)8-10-33/h3-6,15-16,19,36H,2,7-14,17-18H2,1H3,(H,31,38)(H,29,30,32). The van der Waals surface area contributed by atoms with Gasteiger partial charge in [-0.1, -0.05) is 18.2 Å². The number of fused-ring (bicyclic) bond motifs is 2. The molecule has 0 amide bonds. The first-order valence-electron chi connectivity index (χ1n) is 13.6. The second-order valence-corrected chi connectivity index (χ2v) is 10.5. The molecule has 2 aromatic heterocycles. The number of aromatic amines is 1. The molecule has 0 radical (unpaired) electrons. The highest BCUT2D eigenvalue weighted by atomic mass is 32.1. The number of hydrogen-bond donors (Lipinski definition) is 3. The van der Waals surface area contributed by atoms with Crippen molar-refractivity contribution in [3.63, 3.8) is 0 Å². The number of para-hydroxylation sites is 1. The third kappa shape index (κ3) is 4.83. The Hall–Kier alpha value is -3.21. The number of morpholine rings is 1. The molecule has 2 aliphatic rings. The molecule has 0 atom stereocenters. The van der Waals surface area contributed by atoms with Crippen molar-refractivity contribution in [2.24, 2.45) is 5.92 Å². The number of H-pyrrole nitrogens is 1. The molecule has 9 nitrogen and oxygen atoms in total. The number of anilines is 3. The first-order chi connectivity index (χ1) is 18.6. The van der Waals surface area contributed by atoms with E-state index in [4.69, 9.17) is 26.9 Å². The summed E-state index contributed by atoms with van der Waals surface area (Å²) in [5, 5.41) is 14.2. The number of nitrogens with one attached hydrogen (secondary N) is 2. The van der Waals surface area contributed by atoms with Crippen LogP contribution in [0.15, 0.2) is 36.4 Å². The minimum absolute atomic E-state index is 0.280. The summed E-state index contributed by atoms with van der Waals surface area (Å²) in [5.74, 6) is 1.95. The van der Waals surface area contributed by atoms with E-state index in [1.54, 1.807) is 0 Å². The monoisotopic (exact) mass is 533 g/mol. The molecule has 0 saturated carbocycles. The van der Waals surface area contributed by atoms with Gasteiger partial charge in [0.2, 0.25) is 5.95 Å². The van der Waals surface area contributed by atoms with Gasteiger partial charge in [-0.3, -0.25) is 0 Å². The maximum Gasteiger partial charge on any atom is 0.228 e. The summed E-state index contributed by atoms with van der Waals surface area (Å²) in [6.07, 6.45) is 2.04. The number of hydrogen-bond acceptors (Lipinski definition) is 8. The fourth-order valence-corrected chi connectivity index (χ4v) is 5.96. The van der Waals surface area contributed by atoms with E-state index in [0.717, 1.165) is 79.3 Å². The third-order valence-corrected chi connectivity index (χ3v) is 8.16. The maximum absolute atomic E-state index is 9.55. The molecule has 0 spiro atoms. The Bertz CT molecular complexity index is 1490. The van der Waals surface area contributed by atoms with Crippen LogP contribution in [0.3, 0.4) is 0 Å². The zero-order valence-corrected chi connectivity index (χ0v) is 22.6. The van der Waals surface area contributed by atoms with Crippen molar-refractivity contribution in [3.8, 4) is 0 Å². The van der Waals surface area contributed by atoms with E-state index in [2.05, 4.69) is 68.0 Å². The number of aliphatic hydroxyl groups is 1. The molecule has 10 heteroatoms. The molecule has 38 heavy (non-hydrogen) atoms. The van der Waals surface area contributed by atoms with Gasteiger partial charge < -0.3 is 34.5 Å². The van der Waals surface area contributed by atoms with E-state index in [0.29, 0.717) is 30.4 Å². The van der Waals surface area contributed by atoms with Gasteiger partial charge in [-0.15, -0.1) is 0 Å². The SMILES string of the molecule is CCn1c(=S)[nH]c2cc3c(NCc4ccccc4N4CCC(CO)CC4)nc(N4CCOCC4)nc3cc21. The van der Waals surface area contributed by atoms with Crippen LogP contribution in [0.2, 0.25) is 0 Å². The van der Waals surface area contributed by atoms with Gasteiger partial charge >= 0.3 is 0 Å². The average Bonchev–Trinajstić information content (AvgIpc) is 3.28. The maximum atomic E-state index is 9.55. The zero-order valence-electron chi connectivity index (χ0n) is 21.8. The van der Waals surface area contributed by atoms with Crippen LogP contribution >= 0.6 is 12.2 Å². The molecule has 0 bridgehead atoms. The molecule has 0 unspecified atom stereocenters. The number of aryl methyl sites for hydroxylation is 1. The largest absolute Gasteiger partial charge is 0.396 e. The smallest absolute Gasteiger partial charge is 0.228 e. The summed E-state index contributed by atoms with van der Waals surface area (Å²) in [7, 11) is 0. The summed E-state index contributed by atoms with van der Waals surface area (Å²) in [5.41, 5.74) is 5.41. The molecule has 6 rings (SSSR count).